The van der Waals surface area contributed by atoms with Crippen molar-refractivity contribution in [2.24, 2.45) is 0 Å². The van der Waals surface area contributed by atoms with E-state index in [9.17, 15) is 0 Å². The van der Waals surface area contributed by atoms with Crippen LogP contribution < -0.4 is 5.32 Å². The van der Waals surface area contributed by atoms with Gasteiger partial charge in [0.25, 0.3) is 0 Å². The Balaban J connectivity index is 2.50. The lowest BCUT2D eigenvalue weighted by atomic mass is 9.80. The molecule has 0 saturated carbocycles. The summed E-state index contributed by atoms with van der Waals surface area (Å²) in [7, 11) is 0. The minimum Gasteiger partial charge on any atom is -0.383 e. The van der Waals surface area contributed by atoms with Gasteiger partial charge in [0.15, 0.2) is 0 Å². The van der Waals surface area contributed by atoms with Gasteiger partial charge in [0, 0.05) is 17.0 Å². The summed E-state index contributed by atoms with van der Waals surface area (Å²) in [6.45, 7) is 5.42. The van der Waals surface area contributed by atoms with Crippen molar-refractivity contribution in [1.82, 2.24) is 0 Å². The van der Waals surface area contributed by atoms with Crippen LogP contribution in [0.4, 0.5) is 5.69 Å². The van der Waals surface area contributed by atoms with Crippen molar-refractivity contribution in [3.05, 3.63) is 27.7 Å². The van der Waals surface area contributed by atoms with Crippen molar-refractivity contribution in [2.75, 3.05) is 11.9 Å². The summed E-state index contributed by atoms with van der Waals surface area (Å²) in [4.78, 5) is 0. The molecule has 0 radical (unpaired) electrons. The molecule has 1 unspecified atom stereocenters. The number of benzene rings is 1. The third kappa shape index (κ3) is 1.83. The molecule has 1 atom stereocenters. The first kappa shape index (κ1) is 11.1. The molecule has 0 bridgehead atoms. The van der Waals surface area contributed by atoms with Gasteiger partial charge in [0.2, 0.25) is 0 Å². The third-order valence-electron chi connectivity index (χ3n) is 3.16. The van der Waals surface area contributed by atoms with Crippen molar-refractivity contribution in [3.63, 3.8) is 0 Å². The van der Waals surface area contributed by atoms with E-state index in [2.05, 4.69) is 19.2 Å². The van der Waals surface area contributed by atoms with Crippen LogP contribution in [0.15, 0.2) is 12.1 Å². The summed E-state index contributed by atoms with van der Waals surface area (Å²) < 4.78 is 0. The molecule has 1 aliphatic heterocycles. The van der Waals surface area contributed by atoms with E-state index >= 15 is 0 Å². The van der Waals surface area contributed by atoms with E-state index in [1.54, 1.807) is 6.07 Å². The number of fused-ring (bicyclic) bond motifs is 1. The van der Waals surface area contributed by atoms with E-state index in [0.717, 1.165) is 28.7 Å². The minimum atomic E-state index is 0.179. The number of halogens is 2. The summed E-state index contributed by atoms with van der Waals surface area (Å²) >= 11 is 12.2. The molecule has 1 N–H and O–H groups in total. The molecule has 1 aromatic rings. The van der Waals surface area contributed by atoms with Crippen LogP contribution in [0.25, 0.3) is 0 Å². The van der Waals surface area contributed by atoms with Gasteiger partial charge in [-0.3, -0.25) is 0 Å². The van der Waals surface area contributed by atoms with Crippen molar-refractivity contribution in [1.29, 1.82) is 0 Å². The SMILES string of the molecule is CCCC1(C)CNc2c(Cl)cc(Cl)cc21. The molecule has 2 rings (SSSR count). The third-order valence-corrected chi connectivity index (χ3v) is 3.68. The Labute approximate surface area is 101 Å². The molecule has 0 aromatic heterocycles. The normalized spacial score (nSPS) is 23.7. The molecule has 0 aliphatic carbocycles. The van der Waals surface area contributed by atoms with E-state index in [1.165, 1.54) is 12.0 Å². The molecule has 0 saturated heterocycles. The van der Waals surface area contributed by atoms with Crippen molar-refractivity contribution >= 4 is 28.9 Å². The van der Waals surface area contributed by atoms with Crippen LogP contribution in [0.2, 0.25) is 10.0 Å². The highest BCUT2D eigenvalue weighted by Gasteiger charge is 2.34. The predicted octanol–water partition coefficient (Wildman–Crippen LogP) is 4.48. The lowest BCUT2D eigenvalue weighted by Gasteiger charge is -2.23. The molecule has 0 amide bonds. The summed E-state index contributed by atoms with van der Waals surface area (Å²) in [5, 5.41) is 4.84. The molecule has 1 aromatic carbocycles. The maximum Gasteiger partial charge on any atom is 0.0655 e. The average molecular weight is 244 g/mol. The molecule has 1 heterocycles. The molecular formula is C12H15Cl2N. The molecule has 0 spiro atoms. The molecular weight excluding hydrogens is 229 g/mol. The lowest BCUT2D eigenvalue weighted by molar-refractivity contribution is 0.471. The summed E-state index contributed by atoms with van der Waals surface area (Å²) in [6.07, 6.45) is 2.32. The monoisotopic (exact) mass is 243 g/mol. The largest absolute Gasteiger partial charge is 0.383 e. The molecule has 1 aliphatic rings. The van der Waals surface area contributed by atoms with E-state index < -0.39 is 0 Å². The highest BCUT2D eigenvalue weighted by atomic mass is 35.5. The highest BCUT2D eigenvalue weighted by molar-refractivity contribution is 6.36. The first-order valence-electron chi connectivity index (χ1n) is 5.30. The molecule has 0 fully saturated rings. The lowest BCUT2D eigenvalue weighted by Crippen LogP contribution is -2.23. The molecule has 15 heavy (non-hydrogen) atoms. The van der Waals surface area contributed by atoms with Gasteiger partial charge >= 0.3 is 0 Å². The fraction of sp³-hybridized carbons (Fsp3) is 0.500. The van der Waals surface area contributed by atoms with Crippen LogP contribution in [-0.4, -0.2) is 6.54 Å². The zero-order chi connectivity index (χ0) is 11.1. The smallest absolute Gasteiger partial charge is 0.0655 e. The van der Waals surface area contributed by atoms with Gasteiger partial charge in [-0.25, -0.2) is 0 Å². The maximum absolute atomic E-state index is 6.16. The summed E-state index contributed by atoms with van der Waals surface area (Å²) in [6, 6.07) is 3.84. The van der Waals surface area contributed by atoms with Gasteiger partial charge in [0.1, 0.15) is 0 Å². The standard InChI is InChI=1S/C12H15Cl2N/c1-3-4-12(2)7-15-11-9(12)5-8(13)6-10(11)14/h5-6,15H,3-4,7H2,1-2H3. The quantitative estimate of drug-likeness (QED) is 0.808. The minimum absolute atomic E-state index is 0.179. The van der Waals surface area contributed by atoms with Crippen molar-refractivity contribution in [2.45, 2.75) is 32.1 Å². The Morgan fingerprint density at radius 2 is 2.13 bits per heavy atom. The van der Waals surface area contributed by atoms with Gasteiger partial charge in [-0.15, -0.1) is 0 Å². The second-order valence-corrected chi connectivity index (χ2v) is 5.32. The second kappa shape index (κ2) is 3.88. The highest BCUT2D eigenvalue weighted by Crippen LogP contribution is 2.44. The molecule has 1 nitrogen and oxygen atoms in total. The van der Waals surface area contributed by atoms with Crippen LogP contribution in [-0.2, 0) is 5.41 Å². The van der Waals surface area contributed by atoms with Gasteiger partial charge in [-0.2, -0.15) is 0 Å². The van der Waals surface area contributed by atoms with Crippen LogP contribution in [0.1, 0.15) is 32.3 Å². The van der Waals surface area contributed by atoms with Gasteiger partial charge < -0.3 is 5.32 Å². The van der Waals surface area contributed by atoms with E-state index in [4.69, 9.17) is 23.2 Å². The Hall–Kier alpha value is -0.400. The van der Waals surface area contributed by atoms with Crippen molar-refractivity contribution < 1.29 is 0 Å². The number of hydrogen-bond acceptors (Lipinski definition) is 1. The Morgan fingerprint density at radius 3 is 2.80 bits per heavy atom. The van der Waals surface area contributed by atoms with E-state index in [-0.39, 0.29) is 5.41 Å². The zero-order valence-corrected chi connectivity index (χ0v) is 10.5. The van der Waals surface area contributed by atoms with Crippen LogP contribution in [0.3, 0.4) is 0 Å². The topological polar surface area (TPSA) is 12.0 Å². The van der Waals surface area contributed by atoms with Gasteiger partial charge in [0.05, 0.1) is 10.7 Å². The predicted molar refractivity (Wildman–Crippen MR) is 67.2 cm³/mol. The van der Waals surface area contributed by atoms with Gasteiger partial charge in [-0.1, -0.05) is 43.5 Å². The van der Waals surface area contributed by atoms with Crippen LogP contribution >= 0.6 is 23.2 Å². The summed E-state index contributed by atoms with van der Waals surface area (Å²) in [5.74, 6) is 0. The number of anilines is 1. The van der Waals surface area contributed by atoms with Crippen molar-refractivity contribution in [3.8, 4) is 0 Å². The number of rotatable bonds is 2. The number of hydrogen-bond donors (Lipinski definition) is 1. The van der Waals surface area contributed by atoms with E-state index in [1.807, 2.05) is 6.07 Å². The zero-order valence-electron chi connectivity index (χ0n) is 9.03. The Kier molecular flexibility index (Phi) is 2.87. The van der Waals surface area contributed by atoms with Crippen LogP contribution in [0.5, 0.6) is 0 Å². The first-order valence-corrected chi connectivity index (χ1v) is 6.06. The Morgan fingerprint density at radius 1 is 1.40 bits per heavy atom. The molecule has 82 valence electrons. The first-order chi connectivity index (χ1) is 7.07. The maximum atomic E-state index is 6.16. The fourth-order valence-corrected chi connectivity index (χ4v) is 2.94. The number of nitrogens with one attached hydrogen (secondary N) is 1. The second-order valence-electron chi connectivity index (χ2n) is 4.47. The average Bonchev–Trinajstić information content (AvgIpc) is 2.45. The van der Waals surface area contributed by atoms with Gasteiger partial charge in [-0.05, 0) is 24.1 Å². The summed E-state index contributed by atoms with van der Waals surface area (Å²) in [5.41, 5.74) is 2.51. The van der Waals surface area contributed by atoms with E-state index in [0.29, 0.717) is 0 Å². The fourth-order valence-electron chi connectivity index (χ4n) is 2.38. The molecule has 3 heteroatoms. The Bertz CT molecular complexity index is 389. The van der Waals surface area contributed by atoms with Crippen LogP contribution in [0, 0.1) is 0 Å².